The van der Waals surface area contributed by atoms with Crippen molar-refractivity contribution in [2.75, 3.05) is 0 Å². The molecule has 0 amide bonds. The maximum absolute atomic E-state index is 13.1. The number of halogens is 2. The van der Waals surface area contributed by atoms with Gasteiger partial charge in [0.25, 0.3) is 0 Å². The van der Waals surface area contributed by atoms with Crippen LogP contribution in [-0.2, 0) is 11.2 Å². The molecule has 0 saturated carbocycles. The van der Waals surface area contributed by atoms with Crippen LogP contribution in [0.2, 0.25) is 5.02 Å². The SMILES string of the molecule is Cc1cc(CC(=O)O)nn1-c1ccc(F)c(Cl)c1. The van der Waals surface area contributed by atoms with E-state index in [2.05, 4.69) is 5.10 Å². The van der Waals surface area contributed by atoms with Crippen LogP contribution in [0.3, 0.4) is 0 Å². The van der Waals surface area contributed by atoms with E-state index in [-0.39, 0.29) is 11.4 Å². The third-order valence-electron chi connectivity index (χ3n) is 2.42. The molecule has 0 radical (unpaired) electrons. The van der Waals surface area contributed by atoms with Crippen molar-refractivity contribution >= 4 is 17.6 Å². The predicted molar refractivity (Wildman–Crippen MR) is 64.6 cm³/mol. The second-order valence-electron chi connectivity index (χ2n) is 3.86. The monoisotopic (exact) mass is 268 g/mol. The summed E-state index contributed by atoms with van der Waals surface area (Å²) >= 11 is 5.70. The molecule has 1 aromatic heterocycles. The molecule has 1 heterocycles. The number of carboxylic acid groups (broad SMARTS) is 1. The molecule has 18 heavy (non-hydrogen) atoms. The van der Waals surface area contributed by atoms with E-state index in [0.717, 1.165) is 5.69 Å². The van der Waals surface area contributed by atoms with Gasteiger partial charge >= 0.3 is 5.97 Å². The lowest BCUT2D eigenvalue weighted by molar-refractivity contribution is -0.136. The Bertz CT molecular complexity index is 610. The molecule has 0 saturated heterocycles. The van der Waals surface area contributed by atoms with Crippen LogP contribution >= 0.6 is 11.6 Å². The molecule has 2 rings (SSSR count). The minimum atomic E-state index is -0.947. The van der Waals surface area contributed by atoms with Crippen molar-refractivity contribution in [1.82, 2.24) is 9.78 Å². The molecule has 0 aliphatic heterocycles. The van der Waals surface area contributed by atoms with Crippen molar-refractivity contribution < 1.29 is 14.3 Å². The number of rotatable bonds is 3. The Morgan fingerprint density at radius 2 is 2.22 bits per heavy atom. The van der Waals surface area contributed by atoms with Gasteiger partial charge in [0.15, 0.2) is 0 Å². The van der Waals surface area contributed by atoms with Gasteiger partial charge in [-0.05, 0) is 31.2 Å². The van der Waals surface area contributed by atoms with Gasteiger partial charge in [-0.2, -0.15) is 5.10 Å². The zero-order valence-electron chi connectivity index (χ0n) is 9.52. The maximum Gasteiger partial charge on any atom is 0.309 e. The Morgan fingerprint density at radius 1 is 1.50 bits per heavy atom. The van der Waals surface area contributed by atoms with Crippen LogP contribution in [0.1, 0.15) is 11.4 Å². The summed E-state index contributed by atoms with van der Waals surface area (Å²) in [6, 6.07) is 5.90. The standard InChI is InChI=1S/C12H10ClFN2O2/c1-7-4-8(5-12(17)18)15-16(7)9-2-3-11(14)10(13)6-9/h2-4,6H,5H2,1H3,(H,17,18). The normalized spacial score (nSPS) is 10.6. The predicted octanol–water partition coefficient (Wildman–Crippen LogP) is 2.60. The van der Waals surface area contributed by atoms with E-state index in [1.54, 1.807) is 13.0 Å². The smallest absolute Gasteiger partial charge is 0.309 e. The van der Waals surface area contributed by atoms with Gasteiger partial charge in [0, 0.05) is 5.69 Å². The van der Waals surface area contributed by atoms with Crippen molar-refractivity contribution in [3.63, 3.8) is 0 Å². The Balaban J connectivity index is 2.41. The first-order valence-electron chi connectivity index (χ1n) is 5.20. The number of carboxylic acids is 1. The number of benzene rings is 1. The van der Waals surface area contributed by atoms with Crippen LogP contribution < -0.4 is 0 Å². The lowest BCUT2D eigenvalue weighted by Crippen LogP contribution is -2.03. The molecule has 2 aromatic rings. The van der Waals surface area contributed by atoms with Crippen molar-refractivity contribution in [2.45, 2.75) is 13.3 Å². The topological polar surface area (TPSA) is 55.1 Å². The highest BCUT2D eigenvalue weighted by atomic mass is 35.5. The second kappa shape index (κ2) is 4.78. The summed E-state index contributed by atoms with van der Waals surface area (Å²) in [5, 5.41) is 12.8. The van der Waals surface area contributed by atoms with Gasteiger partial charge in [-0.15, -0.1) is 0 Å². The molecule has 1 aromatic carbocycles. The van der Waals surface area contributed by atoms with Gasteiger partial charge in [-0.3, -0.25) is 4.79 Å². The Kier molecular flexibility index (Phi) is 3.34. The molecule has 1 N–H and O–H groups in total. The summed E-state index contributed by atoms with van der Waals surface area (Å²) in [5.74, 6) is -1.45. The Labute approximate surface area is 108 Å². The minimum Gasteiger partial charge on any atom is -0.481 e. The summed E-state index contributed by atoms with van der Waals surface area (Å²) in [5.41, 5.74) is 1.80. The van der Waals surface area contributed by atoms with Crippen LogP contribution in [-0.4, -0.2) is 20.9 Å². The number of aromatic nitrogens is 2. The molecule has 0 unspecified atom stereocenters. The summed E-state index contributed by atoms with van der Waals surface area (Å²) in [4.78, 5) is 10.6. The molecule has 0 spiro atoms. The van der Waals surface area contributed by atoms with E-state index in [1.165, 1.54) is 22.9 Å². The molecule has 0 aliphatic carbocycles. The lowest BCUT2D eigenvalue weighted by atomic mass is 10.3. The zero-order valence-corrected chi connectivity index (χ0v) is 10.3. The van der Waals surface area contributed by atoms with Gasteiger partial charge in [0.2, 0.25) is 0 Å². The Hall–Kier alpha value is -1.88. The summed E-state index contributed by atoms with van der Waals surface area (Å²) in [6.45, 7) is 1.79. The summed E-state index contributed by atoms with van der Waals surface area (Å²) < 4.78 is 14.6. The largest absolute Gasteiger partial charge is 0.481 e. The summed E-state index contributed by atoms with van der Waals surface area (Å²) in [6.07, 6.45) is -0.150. The van der Waals surface area contributed by atoms with Crippen molar-refractivity contribution in [1.29, 1.82) is 0 Å². The van der Waals surface area contributed by atoms with Gasteiger partial charge in [0.1, 0.15) is 5.82 Å². The van der Waals surface area contributed by atoms with E-state index in [0.29, 0.717) is 11.4 Å². The number of hydrogen-bond acceptors (Lipinski definition) is 2. The van der Waals surface area contributed by atoms with E-state index >= 15 is 0 Å². The Morgan fingerprint density at radius 3 is 2.83 bits per heavy atom. The summed E-state index contributed by atoms with van der Waals surface area (Å²) in [7, 11) is 0. The van der Waals surface area contributed by atoms with Crippen LogP contribution in [0.4, 0.5) is 4.39 Å². The average Bonchev–Trinajstić information content (AvgIpc) is 2.62. The third kappa shape index (κ3) is 2.51. The third-order valence-corrected chi connectivity index (χ3v) is 2.71. The minimum absolute atomic E-state index is 0.00202. The number of aliphatic carboxylic acids is 1. The van der Waals surface area contributed by atoms with Crippen molar-refractivity contribution in [3.05, 3.63) is 46.5 Å². The molecule has 0 bridgehead atoms. The quantitative estimate of drug-likeness (QED) is 0.931. The van der Waals surface area contributed by atoms with Crippen molar-refractivity contribution in [3.8, 4) is 5.69 Å². The fourth-order valence-electron chi connectivity index (χ4n) is 1.66. The first-order valence-corrected chi connectivity index (χ1v) is 5.58. The molecular weight excluding hydrogens is 259 g/mol. The van der Waals surface area contributed by atoms with E-state index < -0.39 is 11.8 Å². The molecule has 94 valence electrons. The van der Waals surface area contributed by atoms with E-state index in [4.69, 9.17) is 16.7 Å². The first-order chi connectivity index (χ1) is 8.47. The molecular formula is C12H10ClFN2O2. The zero-order chi connectivity index (χ0) is 13.3. The molecule has 0 aliphatic rings. The highest BCUT2D eigenvalue weighted by molar-refractivity contribution is 6.30. The highest BCUT2D eigenvalue weighted by Gasteiger charge is 2.10. The van der Waals surface area contributed by atoms with Gasteiger partial charge in [-0.25, -0.2) is 9.07 Å². The van der Waals surface area contributed by atoms with Gasteiger partial charge in [-0.1, -0.05) is 11.6 Å². The number of nitrogens with zero attached hydrogens (tertiary/aromatic N) is 2. The molecule has 0 atom stereocenters. The average molecular weight is 269 g/mol. The van der Waals surface area contributed by atoms with Gasteiger partial charge in [0.05, 0.1) is 22.8 Å². The fraction of sp³-hybridized carbons (Fsp3) is 0.167. The number of carbonyl (C=O) groups is 1. The molecule has 6 heteroatoms. The van der Waals surface area contributed by atoms with Crippen LogP contribution in [0.25, 0.3) is 5.69 Å². The maximum atomic E-state index is 13.1. The number of aryl methyl sites for hydroxylation is 1. The molecule has 4 nitrogen and oxygen atoms in total. The fourth-order valence-corrected chi connectivity index (χ4v) is 1.83. The van der Waals surface area contributed by atoms with E-state index in [1.807, 2.05) is 0 Å². The van der Waals surface area contributed by atoms with Crippen LogP contribution in [0.5, 0.6) is 0 Å². The number of hydrogen-bond donors (Lipinski definition) is 1. The van der Waals surface area contributed by atoms with Crippen LogP contribution in [0.15, 0.2) is 24.3 Å². The van der Waals surface area contributed by atoms with E-state index in [9.17, 15) is 9.18 Å². The molecule has 0 fully saturated rings. The lowest BCUT2D eigenvalue weighted by Gasteiger charge is -2.04. The second-order valence-corrected chi connectivity index (χ2v) is 4.26. The first kappa shape index (κ1) is 12.6. The van der Waals surface area contributed by atoms with Crippen LogP contribution in [0, 0.1) is 12.7 Å². The van der Waals surface area contributed by atoms with Crippen molar-refractivity contribution in [2.24, 2.45) is 0 Å². The van der Waals surface area contributed by atoms with Gasteiger partial charge < -0.3 is 5.11 Å². The highest BCUT2D eigenvalue weighted by Crippen LogP contribution is 2.20.